The zero-order chi connectivity index (χ0) is 26.3. The molecule has 0 radical (unpaired) electrons. The minimum Gasteiger partial charge on any atom is -0.360 e. The monoisotopic (exact) mass is 540 g/mol. The molecular formula is C29H32N8OS. The second-order valence-electron chi connectivity index (χ2n) is 10.8. The first-order chi connectivity index (χ1) is 19.2. The Kier molecular flexibility index (Phi) is 6.50. The average molecular weight is 541 g/mol. The first-order valence-corrected chi connectivity index (χ1v) is 15.1. The van der Waals surface area contributed by atoms with Crippen LogP contribution < -0.4 is 10.9 Å². The van der Waals surface area contributed by atoms with Crippen LogP contribution in [0.2, 0.25) is 0 Å². The van der Waals surface area contributed by atoms with Gasteiger partial charge in [0.15, 0.2) is 17.3 Å². The summed E-state index contributed by atoms with van der Waals surface area (Å²) < 4.78 is 1.87. The van der Waals surface area contributed by atoms with E-state index in [4.69, 9.17) is 15.0 Å². The molecule has 0 saturated heterocycles. The molecule has 0 spiro atoms. The van der Waals surface area contributed by atoms with Crippen molar-refractivity contribution in [1.29, 1.82) is 0 Å². The summed E-state index contributed by atoms with van der Waals surface area (Å²) in [6, 6.07) is 4.16. The highest BCUT2D eigenvalue weighted by molar-refractivity contribution is 7.99. The zero-order valence-electron chi connectivity index (χ0n) is 22.1. The number of hydrogen-bond acceptors (Lipinski definition) is 9. The molecule has 0 aromatic carbocycles. The number of thioether (sulfide) groups is 1. The number of pyridine rings is 1. The second kappa shape index (κ2) is 10.3. The van der Waals surface area contributed by atoms with Crippen LogP contribution in [-0.2, 0) is 6.54 Å². The average Bonchev–Trinajstić information content (AvgIpc) is 3.91. The van der Waals surface area contributed by atoms with Crippen LogP contribution in [0.25, 0.3) is 22.6 Å². The molecule has 3 saturated carbocycles. The van der Waals surface area contributed by atoms with Crippen LogP contribution in [0, 0.1) is 0 Å². The minimum atomic E-state index is -0.133. The Morgan fingerprint density at radius 3 is 2.31 bits per heavy atom. The number of anilines is 1. The van der Waals surface area contributed by atoms with Gasteiger partial charge in [-0.3, -0.25) is 14.3 Å². The summed E-state index contributed by atoms with van der Waals surface area (Å²) in [6.45, 7) is 2.55. The lowest BCUT2D eigenvalue weighted by Gasteiger charge is -2.18. The molecule has 3 aliphatic carbocycles. The van der Waals surface area contributed by atoms with Crippen LogP contribution in [0.3, 0.4) is 0 Å². The van der Waals surface area contributed by atoms with E-state index in [1.807, 2.05) is 16.8 Å². The molecule has 4 heterocycles. The smallest absolute Gasteiger partial charge is 0.295 e. The number of nitrogens with zero attached hydrogens (tertiary/aromatic N) is 7. The van der Waals surface area contributed by atoms with Crippen molar-refractivity contribution in [3.63, 3.8) is 0 Å². The number of aromatic nitrogens is 7. The van der Waals surface area contributed by atoms with Crippen molar-refractivity contribution in [1.82, 2.24) is 34.5 Å². The summed E-state index contributed by atoms with van der Waals surface area (Å²) in [5.41, 5.74) is 5.05. The number of rotatable bonds is 9. The van der Waals surface area contributed by atoms with E-state index in [0.717, 1.165) is 84.7 Å². The highest BCUT2D eigenvalue weighted by Gasteiger charge is 2.36. The molecule has 9 nitrogen and oxygen atoms in total. The van der Waals surface area contributed by atoms with E-state index in [-0.39, 0.29) is 11.6 Å². The van der Waals surface area contributed by atoms with E-state index in [9.17, 15) is 4.79 Å². The first-order valence-electron chi connectivity index (χ1n) is 14.2. The van der Waals surface area contributed by atoms with Crippen molar-refractivity contribution in [2.24, 2.45) is 0 Å². The summed E-state index contributed by atoms with van der Waals surface area (Å²) in [4.78, 5) is 43.5. The number of hydrogen-bond donors (Lipinski definition) is 1. The molecule has 1 N–H and O–H groups in total. The third-order valence-electron chi connectivity index (χ3n) is 7.92. The van der Waals surface area contributed by atoms with Gasteiger partial charge in [-0.05, 0) is 56.4 Å². The van der Waals surface area contributed by atoms with Crippen molar-refractivity contribution < 1.29 is 0 Å². The highest BCUT2D eigenvalue weighted by atomic mass is 32.2. The van der Waals surface area contributed by atoms with Gasteiger partial charge in [0.05, 0.1) is 35.4 Å². The maximum absolute atomic E-state index is 13.9. The predicted molar refractivity (Wildman–Crippen MR) is 152 cm³/mol. The van der Waals surface area contributed by atoms with Gasteiger partial charge in [-0.2, -0.15) is 0 Å². The fourth-order valence-electron chi connectivity index (χ4n) is 5.66. The molecule has 0 aliphatic heterocycles. The van der Waals surface area contributed by atoms with Crippen LogP contribution in [0.1, 0.15) is 93.2 Å². The molecular weight excluding hydrogens is 508 g/mol. The van der Waals surface area contributed by atoms with Gasteiger partial charge in [-0.1, -0.05) is 19.8 Å². The van der Waals surface area contributed by atoms with E-state index in [1.54, 1.807) is 24.3 Å². The molecule has 3 aliphatic rings. The Labute approximate surface area is 231 Å². The van der Waals surface area contributed by atoms with Gasteiger partial charge in [0.1, 0.15) is 11.8 Å². The Morgan fingerprint density at radius 1 is 0.923 bits per heavy atom. The van der Waals surface area contributed by atoms with Gasteiger partial charge >= 0.3 is 0 Å². The summed E-state index contributed by atoms with van der Waals surface area (Å²) in [5, 5.41) is 3.26. The predicted octanol–water partition coefficient (Wildman–Crippen LogP) is 5.63. The van der Waals surface area contributed by atoms with Gasteiger partial charge in [0.25, 0.3) is 5.56 Å². The van der Waals surface area contributed by atoms with Gasteiger partial charge in [-0.15, -0.1) is 11.8 Å². The van der Waals surface area contributed by atoms with E-state index < -0.39 is 0 Å². The topological polar surface area (TPSA) is 111 Å². The molecule has 10 heteroatoms. The Bertz CT molecular complexity index is 1540. The molecule has 7 rings (SSSR count). The fourth-order valence-corrected chi connectivity index (χ4v) is 6.28. The third-order valence-corrected chi connectivity index (χ3v) is 8.79. The van der Waals surface area contributed by atoms with Crippen molar-refractivity contribution in [2.45, 2.75) is 87.6 Å². The van der Waals surface area contributed by atoms with Crippen LogP contribution in [0.5, 0.6) is 0 Å². The first kappa shape index (κ1) is 24.6. The number of nitrogens with one attached hydrogen (secondary N) is 1. The molecule has 4 aromatic heterocycles. The molecule has 39 heavy (non-hydrogen) atoms. The summed E-state index contributed by atoms with van der Waals surface area (Å²) in [7, 11) is 0. The Balaban J connectivity index is 1.29. The van der Waals surface area contributed by atoms with Crippen LogP contribution in [0.4, 0.5) is 5.82 Å². The van der Waals surface area contributed by atoms with Gasteiger partial charge < -0.3 is 5.32 Å². The lowest BCUT2D eigenvalue weighted by molar-refractivity contribution is 0.515. The number of fused-ring (bicyclic) bond motifs is 1. The van der Waals surface area contributed by atoms with E-state index in [0.29, 0.717) is 41.2 Å². The zero-order valence-corrected chi connectivity index (χ0v) is 23.0. The molecule has 0 unspecified atom stereocenters. The van der Waals surface area contributed by atoms with Crippen molar-refractivity contribution in [3.05, 3.63) is 58.3 Å². The summed E-state index contributed by atoms with van der Waals surface area (Å²) >= 11 is 1.76. The largest absolute Gasteiger partial charge is 0.360 e. The van der Waals surface area contributed by atoms with E-state index in [2.05, 4.69) is 33.3 Å². The van der Waals surface area contributed by atoms with Crippen LogP contribution in [0.15, 0.2) is 40.5 Å². The van der Waals surface area contributed by atoms with Crippen molar-refractivity contribution in [2.75, 3.05) is 11.1 Å². The second-order valence-corrected chi connectivity index (χ2v) is 12.2. The molecule has 200 valence electrons. The minimum absolute atomic E-state index is 0.104. The summed E-state index contributed by atoms with van der Waals surface area (Å²) in [5.74, 6) is 2.84. The SMILES string of the molecule is CCSc1ccc(CNc2nc3cnc(-c4c(C5CC5)ncnc4C4CC4)nc3n(C3CCCC3)c2=O)nc1. The molecule has 0 bridgehead atoms. The molecule has 3 fully saturated rings. The van der Waals surface area contributed by atoms with E-state index >= 15 is 0 Å². The third kappa shape index (κ3) is 4.90. The van der Waals surface area contributed by atoms with Gasteiger partial charge in [0.2, 0.25) is 0 Å². The van der Waals surface area contributed by atoms with Crippen molar-refractivity contribution >= 4 is 28.7 Å². The maximum atomic E-state index is 13.9. The van der Waals surface area contributed by atoms with Crippen LogP contribution in [-0.4, -0.2) is 40.2 Å². The fraction of sp³-hybridized carbons (Fsp3) is 0.483. The van der Waals surface area contributed by atoms with Crippen molar-refractivity contribution in [3.8, 4) is 11.4 Å². The lowest BCUT2D eigenvalue weighted by Crippen LogP contribution is -2.29. The van der Waals surface area contributed by atoms with E-state index in [1.165, 1.54) is 0 Å². The molecule has 0 amide bonds. The van der Waals surface area contributed by atoms with Gasteiger partial charge in [0, 0.05) is 29.0 Å². The Hall–Kier alpha value is -3.40. The van der Waals surface area contributed by atoms with Gasteiger partial charge in [-0.25, -0.2) is 24.9 Å². The van der Waals surface area contributed by atoms with Crippen LogP contribution >= 0.6 is 11.8 Å². The lowest BCUT2D eigenvalue weighted by atomic mass is 10.0. The Morgan fingerprint density at radius 2 is 1.67 bits per heavy atom. The highest BCUT2D eigenvalue weighted by Crippen LogP contribution is 2.48. The normalized spacial score (nSPS) is 17.7. The summed E-state index contributed by atoms with van der Waals surface area (Å²) in [6.07, 6.45) is 14.0. The molecule has 0 atom stereocenters. The quantitative estimate of drug-likeness (QED) is 0.270. The standard InChI is InChI=1S/C29H32N8OS/c1-2-39-21-12-11-19(30-14-21)13-31-27-29(38)37(20-5-3-4-6-20)28-22(35-27)15-32-26(36-28)23-24(17-7-8-17)33-16-34-25(23)18-9-10-18/h11-12,14-18,20H,2-10,13H2,1H3,(H,31,35). The molecule has 4 aromatic rings. The maximum Gasteiger partial charge on any atom is 0.295 e.